The fourth-order valence-corrected chi connectivity index (χ4v) is 2.43. The molecule has 1 aromatic carbocycles. The first-order valence-corrected chi connectivity index (χ1v) is 8.06. The van der Waals surface area contributed by atoms with Gasteiger partial charge in [-0.2, -0.15) is 0 Å². The van der Waals surface area contributed by atoms with Crippen LogP contribution in [0.25, 0.3) is 0 Å². The second kappa shape index (κ2) is 8.91. The van der Waals surface area contributed by atoms with Crippen LogP contribution in [0.5, 0.6) is 11.5 Å². The quantitative estimate of drug-likeness (QED) is 0.774. The maximum absolute atomic E-state index is 12.1. The van der Waals surface area contributed by atoms with Crippen LogP contribution >= 0.6 is 0 Å². The minimum absolute atomic E-state index is 0.0103. The number of ether oxygens (including phenoxy) is 2. The van der Waals surface area contributed by atoms with Gasteiger partial charge in [0.05, 0.1) is 13.7 Å². The summed E-state index contributed by atoms with van der Waals surface area (Å²) in [6.07, 6.45) is 0. The number of hydrogen-bond acceptors (Lipinski definition) is 5. The largest absolute Gasteiger partial charge is 0.497 e. The molecule has 1 aromatic rings. The lowest BCUT2D eigenvalue weighted by Gasteiger charge is -2.34. The second-order valence-electron chi connectivity index (χ2n) is 5.63. The molecule has 8 heteroatoms. The molecule has 2 rings (SSSR count). The molecule has 0 saturated carbocycles. The molecule has 1 fully saturated rings. The fourth-order valence-electron chi connectivity index (χ4n) is 2.43. The summed E-state index contributed by atoms with van der Waals surface area (Å²) in [6.45, 7) is 3.28. The minimum atomic E-state index is -0.369. The number of carbonyl (C=O) groups excluding carboxylic acids is 3. The van der Waals surface area contributed by atoms with Crippen molar-refractivity contribution in [1.82, 2.24) is 15.1 Å². The zero-order chi connectivity index (χ0) is 18.2. The average Bonchev–Trinajstić information content (AvgIpc) is 2.64. The van der Waals surface area contributed by atoms with Crippen LogP contribution in [0, 0.1) is 0 Å². The molecule has 1 saturated heterocycles. The molecule has 0 spiro atoms. The molecular formula is C17H23N3O5. The van der Waals surface area contributed by atoms with E-state index in [1.807, 2.05) is 0 Å². The van der Waals surface area contributed by atoms with Crippen LogP contribution in [0.4, 0.5) is 0 Å². The molecule has 1 N–H and O–H groups in total. The smallest absolute Gasteiger partial charge is 0.258 e. The molecule has 25 heavy (non-hydrogen) atoms. The number of nitrogens with one attached hydrogen (secondary N) is 1. The van der Waals surface area contributed by atoms with Crippen LogP contribution < -0.4 is 14.8 Å². The van der Waals surface area contributed by atoms with Crippen LogP contribution in [-0.2, 0) is 14.4 Å². The molecule has 3 amide bonds. The van der Waals surface area contributed by atoms with E-state index in [0.29, 0.717) is 37.7 Å². The summed E-state index contributed by atoms with van der Waals surface area (Å²) in [5.41, 5.74) is 0. The van der Waals surface area contributed by atoms with Gasteiger partial charge in [-0.05, 0) is 24.3 Å². The van der Waals surface area contributed by atoms with Gasteiger partial charge < -0.3 is 24.6 Å². The number of rotatable bonds is 6. The lowest BCUT2D eigenvalue weighted by Crippen LogP contribution is -2.52. The van der Waals surface area contributed by atoms with Crippen molar-refractivity contribution in [2.75, 3.05) is 46.4 Å². The van der Waals surface area contributed by atoms with E-state index < -0.39 is 0 Å². The number of carbonyl (C=O) groups is 3. The van der Waals surface area contributed by atoms with E-state index in [-0.39, 0.29) is 30.9 Å². The number of amides is 3. The van der Waals surface area contributed by atoms with E-state index in [4.69, 9.17) is 9.47 Å². The number of benzene rings is 1. The van der Waals surface area contributed by atoms with Crippen LogP contribution in [-0.4, -0.2) is 74.0 Å². The van der Waals surface area contributed by atoms with Crippen LogP contribution in [0.2, 0.25) is 0 Å². The van der Waals surface area contributed by atoms with Gasteiger partial charge in [-0.1, -0.05) is 0 Å². The van der Waals surface area contributed by atoms with Crippen molar-refractivity contribution in [3.8, 4) is 11.5 Å². The van der Waals surface area contributed by atoms with Crippen molar-refractivity contribution in [3.05, 3.63) is 24.3 Å². The number of methoxy groups -OCH3 is 1. The van der Waals surface area contributed by atoms with Gasteiger partial charge in [0, 0.05) is 33.1 Å². The summed E-state index contributed by atoms with van der Waals surface area (Å²) in [5, 5.41) is 2.55. The number of hydrogen-bond donors (Lipinski definition) is 1. The first-order valence-electron chi connectivity index (χ1n) is 8.06. The Morgan fingerprint density at radius 2 is 1.56 bits per heavy atom. The third kappa shape index (κ3) is 5.66. The Morgan fingerprint density at radius 1 is 1.00 bits per heavy atom. The molecule has 1 aliphatic heterocycles. The van der Waals surface area contributed by atoms with Crippen molar-refractivity contribution in [2.45, 2.75) is 6.92 Å². The van der Waals surface area contributed by atoms with Crippen LogP contribution in [0.15, 0.2) is 24.3 Å². The Labute approximate surface area is 146 Å². The molecule has 136 valence electrons. The first-order chi connectivity index (χ1) is 12.0. The summed E-state index contributed by atoms with van der Waals surface area (Å²) in [5.74, 6) is 0.721. The first kappa shape index (κ1) is 18.6. The molecule has 0 atom stereocenters. The molecule has 0 radical (unpaired) electrons. The van der Waals surface area contributed by atoms with Crippen molar-refractivity contribution in [3.63, 3.8) is 0 Å². The summed E-state index contributed by atoms with van der Waals surface area (Å²) in [6, 6.07) is 6.87. The lowest BCUT2D eigenvalue weighted by atomic mass is 10.3. The topological polar surface area (TPSA) is 88.2 Å². The summed E-state index contributed by atoms with van der Waals surface area (Å²) in [7, 11) is 1.57. The van der Waals surface area contributed by atoms with Crippen molar-refractivity contribution < 1.29 is 23.9 Å². The molecule has 8 nitrogen and oxygen atoms in total. The number of piperazine rings is 1. The molecule has 0 aliphatic carbocycles. The molecule has 1 heterocycles. The van der Waals surface area contributed by atoms with Crippen molar-refractivity contribution >= 4 is 17.7 Å². The van der Waals surface area contributed by atoms with E-state index in [0.717, 1.165) is 0 Å². The van der Waals surface area contributed by atoms with E-state index in [9.17, 15) is 14.4 Å². The highest BCUT2D eigenvalue weighted by molar-refractivity contribution is 5.85. The molecule has 0 unspecified atom stereocenters. The van der Waals surface area contributed by atoms with Crippen molar-refractivity contribution in [2.24, 2.45) is 0 Å². The van der Waals surface area contributed by atoms with Gasteiger partial charge in [0.1, 0.15) is 11.5 Å². The predicted octanol–water partition coefficient (Wildman–Crippen LogP) is -0.119. The Balaban J connectivity index is 1.67. The SMILES string of the molecule is COc1ccc(OCC(=O)NCC(=O)N2CCN(C(C)=O)CC2)cc1. The predicted molar refractivity (Wildman–Crippen MR) is 90.3 cm³/mol. The minimum Gasteiger partial charge on any atom is -0.497 e. The maximum atomic E-state index is 12.1. The normalized spacial score (nSPS) is 14.0. The fraction of sp³-hybridized carbons (Fsp3) is 0.471. The van der Waals surface area contributed by atoms with E-state index in [1.54, 1.807) is 41.2 Å². The maximum Gasteiger partial charge on any atom is 0.258 e. The molecule has 0 aromatic heterocycles. The second-order valence-corrected chi connectivity index (χ2v) is 5.63. The third-order valence-electron chi connectivity index (χ3n) is 3.94. The van der Waals surface area contributed by atoms with Crippen LogP contribution in [0.3, 0.4) is 0 Å². The Hall–Kier alpha value is -2.77. The summed E-state index contributed by atoms with van der Waals surface area (Å²) >= 11 is 0. The lowest BCUT2D eigenvalue weighted by molar-refractivity contribution is -0.138. The Bertz CT molecular complexity index is 609. The van der Waals surface area contributed by atoms with E-state index in [2.05, 4.69) is 5.32 Å². The highest BCUT2D eigenvalue weighted by Crippen LogP contribution is 2.16. The van der Waals surface area contributed by atoms with Gasteiger partial charge in [0.25, 0.3) is 5.91 Å². The average molecular weight is 349 g/mol. The molecule has 0 bridgehead atoms. The highest BCUT2D eigenvalue weighted by atomic mass is 16.5. The zero-order valence-corrected chi connectivity index (χ0v) is 14.5. The van der Waals surface area contributed by atoms with E-state index in [1.165, 1.54) is 6.92 Å². The monoisotopic (exact) mass is 349 g/mol. The van der Waals surface area contributed by atoms with Crippen molar-refractivity contribution in [1.29, 1.82) is 0 Å². The van der Waals surface area contributed by atoms with Gasteiger partial charge in [-0.3, -0.25) is 14.4 Å². The summed E-state index contributed by atoms with van der Waals surface area (Å²) in [4.78, 5) is 38.5. The van der Waals surface area contributed by atoms with E-state index >= 15 is 0 Å². The van der Waals surface area contributed by atoms with Gasteiger partial charge in [0.2, 0.25) is 11.8 Å². The Morgan fingerprint density at radius 3 is 2.12 bits per heavy atom. The molecule has 1 aliphatic rings. The Kier molecular flexibility index (Phi) is 6.62. The standard InChI is InChI=1S/C17H23N3O5/c1-13(21)19-7-9-20(10-8-19)17(23)11-18-16(22)12-25-15-5-3-14(24-2)4-6-15/h3-6H,7-12H2,1-2H3,(H,18,22). The van der Waals surface area contributed by atoms with Gasteiger partial charge in [-0.15, -0.1) is 0 Å². The highest BCUT2D eigenvalue weighted by Gasteiger charge is 2.22. The number of nitrogens with zero attached hydrogens (tertiary/aromatic N) is 2. The van der Waals surface area contributed by atoms with Gasteiger partial charge in [0.15, 0.2) is 6.61 Å². The zero-order valence-electron chi connectivity index (χ0n) is 14.5. The molecular weight excluding hydrogens is 326 g/mol. The third-order valence-corrected chi connectivity index (χ3v) is 3.94. The van der Waals surface area contributed by atoms with Crippen LogP contribution in [0.1, 0.15) is 6.92 Å². The van der Waals surface area contributed by atoms with Gasteiger partial charge >= 0.3 is 0 Å². The summed E-state index contributed by atoms with van der Waals surface area (Å²) < 4.78 is 10.4. The van der Waals surface area contributed by atoms with Gasteiger partial charge in [-0.25, -0.2) is 0 Å².